The monoisotopic (exact) mass is 423 g/mol. The van der Waals surface area contributed by atoms with Gasteiger partial charge < -0.3 is 19.5 Å². The smallest absolute Gasteiger partial charge is 0.260 e. The van der Waals surface area contributed by atoms with E-state index in [-0.39, 0.29) is 0 Å². The Bertz CT molecular complexity index is 737. The van der Waals surface area contributed by atoms with E-state index in [0.717, 1.165) is 33.6 Å². The summed E-state index contributed by atoms with van der Waals surface area (Å²) in [6.07, 6.45) is 0.981. The molecule has 0 amide bonds. The van der Waals surface area contributed by atoms with Gasteiger partial charge in [-0.1, -0.05) is 19.1 Å². The minimum Gasteiger partial charge on any atom is -0.493 e. The molecule has 0 heterocycles. The Morgan fingerprint density at radius 3 is 2.56 bits per heavy atom. The molecule has 1 N–H and O–H groups in total. The number of aryl methyl sites for hydroxylation is 1. The van der Waals surface area contributed by atoms with Crippen molar-refractivity contribution in [3.8, 4) is 11.5 Å². The number of rotatable bonds is 7. The maximum Gasteiger partial charge on any atom is 0.260 e. The fourth-order valence-electron chi connectivity index (χ4n) is 2.31. The zero-order valence-corrected chi connectivity index (χ0v) is 17.0. The van der Waals surface area contributed by atoms with Crippen molar-refractivity contribution in [1.29, 1.82) is 0 Å². The lowest BCUT2D eigenvalue weighted by Crippen LogP contribution is -2.14. The summed E-state index contributed by atoms with van der Waals surface area (Å²) < 4.78 is 17.7. The first kappa shape index (κ1) is 19.5. The highest BCUT2D eigenvalue weighted by molar-refractivity contribution is 9.10. The third-order valence-corrected chi connectivity index (χ3v) is 4.52. The molecule has 0 aliphatic carbocycles. The van der Waals surface area contributed by atoms with Crippen LogP contribution in [0.4, 0.5) is 5.69 Å². The summed E-state index contributed by atoms with van der Waals surface area (Å²) in [5, 5.41) is 3.36. The molecule has 4 nitrogen and oxygen atoms in total. The van der Waals surface area contributed by atoms with Crippen LogP contribution in [0.15, 0.2) is 40.9 Å². The van der Waals surface area contributed by atoms with Crippen LogP contribution in [0.2, 0.25) is 0 Å². The zero-order valence-electron chi connectivity index (χ0n) is 14.6. The quantitative estimate of drug-likeness (QED) is 0.609. The average molecular weight is 424 g/mol. The molecule has 0 unspecified atom stereocenters. The second-order valence-electron chi connectivity index (χ2n) is 5.24. The Morgan fingerprint density at radius 1 is 1.12 bits per heavy atom. The predicted octanol–water partition coefficient (Wildman–Crippen LogP) is 5.33. The van der Waals surface area contributed by atoms with Crippen molar-refractivity contribution in [1.82, 2.24) is 0 Å². The predicted molar refractivity (Wildman–Crippen MR) is 109 cm³/mol. The van der Waals surface area contributed by atoms with Gasteiger partial charge in [0.25, 0.3) is 5.17 Å². The molecule has 2 rings (SSSR count). The molecule has 0 saturated heterocycles. The molecular weight excluding hydrogens is 402 g/mol. The van der Waals surface area contributed by atoms with Crippen molar-refractivity contribution in [3.05, 3.63) is 52.0 Å². The first-order valence-corrected chi connectivity index (χ1v) is 9.30. The van der Waals surface area contributed by atoms with Crippen molar-refractivity contribution in [2.45, 2.75) is 26.9 Å². The summed E-state index contributed by atoms with van der Waals surface area (Å²) in [6, 6.07) is 11.8. The van der Waals surface area contributed by atoms with Crippen molar-refractivity contribution in [2.75, 3.05) is 19.0 Å². The number of thiocarbonyl (C=S) groups is 1. The Morgan fingerprint density at radius 2 is 1.92 bits per heavy atom. The van der Waals surface area contributed by atoms with E-state index in [1.165, 1.54) is 12.7 Å². The molecule has 0 bridgehead atoms. The second kappa shape index (κ2) is 9.63. The van der Waals surface area contributed by atoms with Gasteiger partial charge in [-0.2, -0.15) is 0 Å². The first-order valence-electron chi connectivity index (χ1n) is 8.09. The molecule has 134 valence electrons. The molecule has 0 fully saturated rings. The van der Waals surface area contributed by atoms with Crippen molar-refractivity contribution in [2.24, 2.45) is 0 Å². The van der Waals surface area contributed by atoms with Gasteiger partial charge in [0.15, 0.2) is 0 Å². The molecule has 2 aromatic carbocycles. The Kier molecular flexibility index (Phi) is 7.52. The number of hydrogen-bond acceptors (Lipinski definition) is 4. The number of anilines is 1. The van der Waals surface area contributed by atoms with Gasteiger partial charge in [-0.05, 0) is 71.3 Å². The molecule has 0 aliphatic heterocycles. The SMILES string of the molecule is CCOc1cccc(NC(=S)OC)c1COc1ccc(CC)cc1Br. The molecule has 0 spiro atoms. The Labute approximate surface area is 162 Å². The summed E-state index contributed by atoms with van der Waals surface area (Å²) >= 11 is 8.68. The minimum absolute atomic E-state index is 0.295. The van der Waals surface area contributed by atoms with Gasteiger partial charge in [-0.25, -0.2) is 0 Å². The minimum atomic E-state index is 0.295. The number of hydrogen-bond donors (Lipinski definition) is 1. The molecule has 25 heavy (non-hydrogen) atoms. The summed E-state index contributed by atoms with van der Waals surface area (Å²) in [7, 11) is 1.53. The number of benzene rings is 2. The topological polar surface area (TPSA) is 39.7 Å². The number of halogens is 1. The van der Waals surface area contributed by atoms with E-state index >= 15 is 0 Å². The van der Waals surface area contributed by atoms with Gasteiger partial charge in [-0.3, -0.25) is 0 Å². The number of nitrogens with one attached hydrogen (secondary N) is 1. The van der Waals surface area contributed by atoms with E-state index in [1.54, 1.807) is 0 Å². The molecule has 0 radical (unpaired) electrons. The van der Waals surface area contributed by atoms with Gasteiger partial charge in [-0.15, -0.1) is 0 Å². The van der Waals surface area contributed by atoms with Gasteiger partial charge in [0.2, 0.25) is 0 Å². The van der Waals surface area contributed by atoms with E-state index in [2.05, 4.69) is 40.3 Å². The summed E-state index contributed by atoms with van der Waals surface area (Å²) in [5.74, 6) is 1.54. The third-order valence-electron chi connectivity index (χ3n) is 3.63. The Hall–Kier alpha value is -1.79. The van der Waals surface area contributed by atoms with Crippen molar-refractivity contribution in [3.63, 3.8) is 0 Å². The lowest BCUT2D eigenvalue weighted by atomic mass is 10.1. The van der Waals surface area contributed by atoms with Crippen LogP contribution in [0.3, 0.4) is 0 Å². The van der Waals surface area contributed by atoms with Gasteiger partial charge in [0, 0.05) is 0 Å². The van der Waals surface area contributed by atoms with Gasteiger partial charge in [0.05, 0.1) is 29.4 Å². The van der Waals surface area contributed by atoms with Crippen LogP contribution in [-0.2, 0) is 17.8 Å². The average Bonchev–Trinajstić information content (AvgIpc) is 2.62. The molecule has 0 atom stereocenters. The highest BCUT2D eigenvalue weighted by atomic mass is 79.9. The van der Waals surface area contributed by atoms with Crippen LogP contribution in [0, 0.1) is 0 Å². The van der Waals surface area contributed by atoms with Crippen LogP contribution in [0.25, 0.3) is 0 Å². The normalized spacial score (nSPS) is 10.2. The Balaban J connectivity index is 2.25. The highest BCUT2D eigenvalue weighted by Gasteiger charge is 2.13. The zero-order chi connectivity index (χ0) is 18.2. The van der Waals surface area contributed by atoms with E-state index in [1.807, 2.05) is 31.2 Å². The lowest BCUT2D eigenvalue weighted by molar-refractivity contribution is 0.285. The second-order valence-corrected chi connectivity index (χ2v) is 6.46. The highest BCUT2D eigenvalue weighted by Crippen LogP contribution is 2.31. The molecule has 0 saturated carbocycles. The third kappa shape index (κ3) is 5.34. The van der Waals surface area contributed by atoms with Crippen molar-refractivity contribution < 1.29 is 14.2 Å². The van der Waals surface area contributed by atoms with Crippen molar-refractivity contribution >= 4 is 39.0 Å². The summed E-state index contributed by atoms with van der Waals surface area (Å²) in [6.45, 7) is 4.98. The van der Waals surface area contributed by atoms with Crippen LogP contribution in [0.1, 0.15) is 25.0 Å². The van der Waals surface area contributed by atoms with Crippen LogP contribution in [0.5, 0.6) is 11.5 Å². The first-order chi connectivity index (χ1) is 12.1. The summed E-state index contributed by atoms with van der Waals surface area (Å²) in [5.41, 5.74) is 2.94. The molecule has 0 aliphatic rings. The van der Waals surface area contributed by atoms with Crippen LogP contribution < -0.4 is 14.8 Å². The standard InChI is InChI=1S/C19H22BrNO3S/c1-4-13-9-10-18(15(20)11-13)24-12-14-16(21-19(25)22-3)7-6-8-17(14)23-5-2/h6-11H,4-5,12H2,1-3H3,(H,21,25). The van der Waals surface area contributed by atoms with E-state index < -0.39 is 0 Å². The largest absolute Gasteiger partial charge is 0.493 e. The van der Waals surface area contributed by atoms with E-state index in [4.69, 9.17) is 26.4 Å². The van der Waals surface area contributed by atoms with E-state index in [9.17, 15) is 0 Å². The van der Waals surface area contributed by atoms with Crippen LogP contribution in [-0.4, -0.2) is 18.9 Å². The molecule has 0 aromatic heterocycles. The lowest BCUT2D eigenvalue weighted by Gasteiger charge is -2.17. The molecule has 2 aromatic rings. The van der Waals surface area contributed by atoms with Gasteiger partial charge >= 0.3 is 0 Å². The van der Waals surface area contributed by atoms with E-state index in [0.29, 0.717) is 18.4 Å². The summed E-state index contributed by atoms with van der Waals surface area (Å²) in [4.78, 5) is 0. The van der Waals surface area contributed by atoms with Gasteiger partial charge in [0.1, 0.15) is 18.1 Å². The fraction of sp³-hybridized carbons (Fsp3) is 0.316. The number of methoxy groups -OCH3 is 1. The molecule has 6 heteroatoms. The number of ether oxygens (including phenoxy) is 3. The fourth-order valence-corrected chi connectivity index (χ4v) is 2.97. The molecular formula is C19H22BrNO3S. The van der Waals surface area contributed by atoms with Crippen LogP contribution >= 0.6 is 28.1 Å². The maximum absolute atomic E-state index is 6.01. The maximum atomic E-state index is 6.01.